The molecule has 0 radical (unpaired) electrons. The van der Waals surface area contributed by atoms with Crippen molar-refractivity contribution in [2.24, 2.45) is 17.1 Å². The van der Waals surface area contributed by atoms with Crippen LogP contribution in [0.4, 0.5) is 11.4 Å². The van der Waals surface area contributed by atoms with Gasteiger partial charge in [0.1, 0.15) is 0 Å². The fourth-order valence-electron chi connectivity index (χ4n) is 2.05. The summed E-state index contributed by atoms with van der Waals surface area (Å²) >= 11 is 0. The first-order valence-electron chi connectivity index (χ1n) is 5.83. The van der Waals surface area contributed by atoms with Crippen LogP contribution in [-0.4, -0.2) is 12.5 Å². The topological polar surface area (TPSA) is 81.1 Å². The predicted molar refractivity (Wildman–Crippen MR) is 69.8 cm³/mol. The fraction of sp³-hybridized carbons (Fsp3) is 0.462. The van der Waals surface area contributed by atoms with Gasteiger partial charge in [-0.05, 0) is 36.0 Å². The van der Waals surface area contributed by atoms with Crippen LogP contribution < -0.4 is 16.8 Å². The van der Waals surface area contributed by atoms with Gasteiger partial charge < -0.3 is 16.8 Å². The first-order valence-corrected chi connectivity index (χ1v) is 5.83. The summed E-state index contributed by atoms with van der Waals surface area (Å²) in [5.74, 6) is 0.218. The second kappa shape index (κ2) is 3.95. The molecule has 0 bridgehead atoms. The third-order valence-electron chi connectivity index (χ3n) is 3.59. The minimum Gasteiger partial charge on any atom is -0.398 e. The Morgan fingerprint density at radius 2 is 2.18 bits per heavy atom. The highest BCUT2D eigenvalue weighted by Gasteiger charge is 2.44. The Labute approximate surface area is 101 Å². The van der Waals surface area contributed by atoms with Crippen LogP contribution >= 0.6 is 0 Å². The lowest BCUT2D eigenvalue weighted by molar-refractivity contribution is 0.100. The summed E-state index contributed by atoms with van der Waals surface area (Å²) < 4.78 is 0. The summed E-state index contributed by atoms with van der Waals surface area (Å²) in [5.41, 5.74) is 13.1. The standard InChI is InChI=1S/C13H19N3O/c1-13(2)6-8(13)7-16-9-3-4-11(14)10(5-9)12(15)17/h3-5,8,16H,6-7,14H2,1-2H3,(H2,15,17). The molecule has 4 heteroatoms. The summed E-state index contributed by atoms with van der Waals surface area (Å²) in [5, 5.41) is 3.32. The van der Waals surface area contributed by atoms with E-state index in [-0.39, 0.29) is 0 Å². The molecule has 1 aromatic carbocycles. The van der Waals surface area contributed by atoms with Crippen LogP contribution in [0.25, 0.3) is 0 Å². The zero-order valence-electron chi connectivity index (χ0n) is 10.3. The van der Waals surface area contributed by atoms with Crippen LogP contribution in [-0.2, 0) is 0 Å². The number of anilines is 2. The number of nitrogen functional groups attached to an aromatic ring is 1. The Morgan fingerprint density at radius 1 is 1.53 bits per heavy atom. The molecule has 17 heavy (non-hydrogen) atoms. The number of nitrogens with one attached hydrogen (secondary N) is 1. The maximum atomic E-state index is 11.1. The molecule has 0 aromatic heterocycles. The molecule has 0 saturated heterocycles. The van der Waals surface area contributed by atoms with Gasteiger partial charge in [-0.15, -0.1) is 0 Å². The van der Waals surface area contributed by atoms with Gasteiger partial charge in [-0.1, -0.05) is 13.8 Å². The Kier molecular flexibility index (Phi) is 2.73. The summed E-state index contributed by atoms with van der Waals surface area (Å²) in [7, 11) is 0. The van der Waals surface area contributed by atoms with Crippen molar-refractivity contribution in [3.8, 4) is 0 Å². The zero-order valence-corrected chi connectivity index (χ0v) is 10.3. The lowest BCUT2D eigenvalue weighted by atomic mass is 10.1. The van der Waals surface area contributed by atoms with Gasteiger partial charge in [0.15, 0.2) is 0 Å². The van der Waals surface area contributed by atoms with Crippen molar-refractivity contribution in [2.45, 2.75) is 20.3 Å². The van der Waals surface area contributed by atoms with E-state index in [0.29, 0.717) is 22.6 Å². The summed E-state index contributed by atoms with van der Waals surface area (Å²) in [6.45, 7) is 5.45. The van der Waals surface area contributed by atoms with E-state index in [1.165, 1.54) is 6.42 Å². The molecule has 1 unspecified atom stereocenters. The molecule has 0 heterocycles. The van der Waals surface area contributed by atoms with E-state index >= 15 is 0 Å². The Hall–Kier alpha value is -1.71. The highest BCUT2D eigenvalue weighted by Crippen LogP contribution is 2.51. The molecule has 0 spiro atoms. The van der Waals surface area contributed by atoms with Crippen molar-refractivity contribution in [2.75, 3.05) is 17.6 Å². The number of carbonyl (C=O) groups is 1. The van der Waals surface area contributed by atoms with Crippen molar-refractivity contribution in [1.82, 2.24) is 0 Å². The molecule has 5 N–H and O–H groups in total. The van der Waals surface area contributed by atoms with Gasteiger partial charge >= 0.3 is 0 Å². The Morgan fingerprint density at radius 3 is 2.71 bits per heavy atom. The first-order chi connectivity index (χ1) is 7.90. The van der Waals surface area contributed by atoms with E-state index < -0.39 is 5.91 Å². The van der Waals surface area contributed by atoms with Gasteiger partial charge in [0, 0.05) is 17.9 Å². The second-order valence-corrected chi connectivity index (χ2v) is 5.44. The molecule has 92 valence electrons. The van der Waals surface area contributed by atoms with Gasteiger partial charge in [0.2, 0.25) is 0 Å². The van der Waals surface area contributed by atoms with Gasteiger partial charge in [-0.2, -0.15) is 0 Å². The number of nitrogens with two attached hydrogens (primary N) is 2. The quantitative estimate of drug-likeness (QED) is 0.694. The van der Waals surface area contributed by atoms with E-state index in [9.17, 15) is 4.79 Å². The zero-order chi connectivity index (χ0) is 12.6. The van der Waals surface area contributed by atoms with Crippen LogP contribution in [0.15, 0.2) is 18.2 Å². The predicted octanol–water partition coefficient (Wildman–Crippen LogP) is 1.83. The maximum absolute atomic E-state index is 11.1. The Balaban J connectivity index is 2.02. The summed E-state index contributed by atoms with van der Waals surface area (Å²) in [4.78, 5) is 11.1. The van der Waals surface area contributed by atoms with Gasteiger partial charge in [-0.3, -0.25) is 4.79 Å². The van der Waals surface area contributed by atoms with Crippen LogP contribution in [0, 0.1) is 11.3 Å². The normalized spacial score (nSPS) is 20.9. The average molecular weight is 233 g/mol. The van der Waals surface area contributed by atoms with Crippen LogP contribution in [0.1, 0.15) is 30.6 Å². The lowest BCUT2D eigenvalue weighted by Crippen LogP contribution is -2.14. The molecule has 1 aliphatic carbocycles. The van der Waals surface area contributed by atoms with Crippen molar-refractivity contribution < 1.29 is 4.79 Å². The minimum atomic E-state index is -0.488. The molecule has 1 atom stereocenters. The number of benzene rings is 1. The molecule has 0 aliphatic heterocycles. The average Bonchev–Trinajstić information content (AvgIpc) is 2.85. The monoisotopic (exact) mass is 233 g/mol. The lowest BCUT2D eigenvalue weighted by Gasteiger charge is -2.10. The molecule has 2 rings (SSSR count). The summed E-state index contributed by atoms with van der Waals surface area (Å²) in [6, 6.07) is 5.30. The third-order valence-corrected chi connectivity index (χ3v) is 3.59. The molecule has 1 aliphatic rings. The highest BCUT2D eigenvalue weighted by molar-refractivity contribution is 5.98. The first kappa shape index (κ1) is 11.8. The maximum Gasteiger partial charge on any atom is 0.250 e. The van der Waals surface area contributed by atoms with Gasteiger partial charge in [-0.25, -0.2) is 0 Å². The third kappa shape index (κ3) is 2.52. The van der Waals surface area contributed by atoms with Crippen LogP contribution in [0.5, 0.6) is 0 Å². The van der Waals surface area contributed by atoms with Crippen molar-refractivity contribution >= 4 is 17.3 Å². The second-order valence-electron chi connectivity index (χ2n) is 5.44. The number of hydrogen-bond acceptors (Lipinski definition) is 3. The largest absolute Gasteiger partial charge is 0.398 e. The SMILES string of the molecule is CC1(C)CC1CNc1ccc(N)c(C(N)=O)c1. The molecule has 1 fully saturated rings. The molecule has 1 aromatic rings. The number of hydrogen-bond donors (Lipinski definition) is 3. The number of primary amides is 1. The van der Waals surface area contributed by atoms with Crippen molar-refractivity contribution in [3.63, 3.8) is 0 Å². The van der Waals surface area contributed by atoms with E-state index in [1.807, 2.05) is 6.07 Å². The Bertz CT molecular complexity index is 454. The molecule has 1 saturated carbocycles. The van der Waals surface area contributed by atoms with Crippen LogP contribution in [0.2, 0.25) is 0 Å². The minimum absolute atomic E-state index is 0.380. The fourth-order valence-corrected chi connectivity index (χ4v) is 2.05. The highest BCUT2D eigenvalue weighted by atomic mass is 16.1. The van der Waals surface area contributed by atoms with Crippen LogP contribution in [0.3, 0.4) is 0 Å². The molecule has 1 amide bonds. The van der Waals surface area contributed by atoms with Crippen molar-refractivity contribution in [3.05, 3.63) is 23.8 Å². The van der Waals surface area contributed by atoms with Gasteiger partial charge in [0.05, 0.1) is 5.56 Å². The van der Waals surface area contributed by atoms with E-state index in [1.54, 1.807) is 12.1 Å². The number of amides is 1. The molecular formula is C13H19N3O. The number of carbonyl (C=O) groups excluding carboxylic acids is 1. The van der Waals surface area contributed by atoms with Gasteiger partial charge in [0.25, 0.3) is 5.91 Å². The van der Waals surface area contributed by atoms with E-state index in [2.05, 4.69) is 19.2 Å². The van der Waals surface area contributed by atoms with E-state index in [4.69, 9.17) is 11.5 Å². The molecular weight excluding hydrogens is 214 g/mol. The smallest absolute Gasteiger partial charge is 0.250 e. The summed E-state index contributed by atoms with van der Waals surface area (Å²) in [6.07, 6.45) is 1.25. The number of rotatable bonds is 4. The van der Waals surface area contributed by atoms with Crippen molar-refractivity contribution in [1.29, 1.82) is 0 Å². The van der Waals surface area contributed by atoms with E-state index in [0.717, 1.165) is 12.2 Å². The molecule has 4 nitrogen and oxygen atoms in total.